The van der Waals surface area contributed by atoms with Gasteiger partial charge in [-0.15, -0.1) is 10.2 Å². The number of aryl methyl sites for hydroxylation is 1. The number of hydrogen-bond acceptors (Lipinski definition) is 5. The van der Waals surface area contributed by atoms with E-state index in [0.717, 1.165) is 44.8 Å². The highest BCUT2D eigenvalue weighted by atomic mass is 16.5. The maximum atomic E-state index is 5.34. The Morgan fingerprint density at radius 3 is 2.82 bits per heavy atom. The highest BCUT2D eigenvalue weighted by molar-refractivity contribution is 4.84. The van der Waals surface area contributed by atoms with Crippen molar-refractivity contribution in [2.45, 2.75) is 39.2 Å². The molecule has 1 unspecified atom stereocenters. The van der Waals surface area contributed by atoms with E-state index in [-0.39, 0.29) is 0 Å². The average Bonchev–Trinajstić information content (AvgIpc) is 2.70. The van der Waals surface area contributed by atoms with Crippen LogP contribution in [0.3, 0.4) is 0 Å². The van der Waals surface area contributed by atoms with Crippen LogP contribution in [0, 0.1) is 0 Å². The van der Waals surface area contributed by atoms with Crippen molar-refractivity contribution in [3.63, 3.8) is 0 Å². The van der Waals surface area contributed by atoms with E-state index in [0.29, 0.717) is 6.04 Å². The summed E-state index contributed by atoms with van der Waals surface area (Å²) >= 11 is 0. The SMILES string of the molecule is CCNC(CCCOCC)Cc1nnn(C)n1. The van der Waals surface area contributed by atoms with E-state index in [9.17, 15) is 0 Å². The second-order valence-electron chi connectivity index (χ2n) is 3.99. The fraction of sp³-hybridized carbons (Fsp3) is 0.909. The number of nitrogens with one attached hydrogen (secondary N) is 1. The van der Waals surface area contributed by atoms with Crippen LogP contribution in [0.4, 0.5) is 0 Å². The minimum absolute atomic E-state index is 0.407. The smallest absolute Gasteiger partial charge is 0.176 e. The Balaban J connectivity index is 2.32. The minimum atomic E-state index is 0.407. The molecule has 1 atom stereocenters. The van der Waals surface area contributed by atoms with Gasteiger partial charge in [0.2, 0.25) is 0 Å². The summed E-state index contributed by atoms with van der Waals surface area (Å²) in [6.45, 7) is 6.70. The molecular formula is C11H23N5O. The van der Waals surface area contributed by atoms with Gasteiger partial charge in [-0.05, 0) is 31.5 Å². The Kier molecular flexibility index (Phi) is 6.73. The molecule has 1 heterocycles. The second-order valence-corrected chi connectivity index (χ2v) is 3.99. The van der Waals surface area contributed by atoms with Gasteiger partial charge in [0, 0.05) is 25.7 Å². The molecule has 1 aromatic heterocycles. The number of likely N-dealkylation sites (N-methyl/N-ethyl adjacent to an activating group) is 1. The molecule has 1 aromatic rings. The van der Waals surface area contributed by atoms with E-state index in [1.165, 1.54) is 4.80 Å². The van der Waals surface area contributed by atoms with Gasteiger partial charge in [-0.1, -0.05) is 6.92 Å². The summed E-state index contributed by atoms with van der Waals surface area (Å²) in [5, 5.41) is 15.5. The lowest BCUT2D eigenvalue weighted by atomic mass is 10.1. The highest BCUT2D eigenvalue weighted by Crippen LogP contribution is 2.03. The van der Waals surface area contributed by atoms with Crippen molar-refractivity contribution in [1.29, 1.82) is 0 Å². The maximum absolute atomic E-state index is 5.34. The third-order valence-electron chi connectivity index (χ3n) is 2.52. The quantitative estimate of drug-likeness (QED) is 0.640. The van der Waals surface area contributed by atoms with Gasteiger partial charge < -0.3 is 10.1 Å². The topological polar surface area (TPSA) is 64.9 Å². The zero-order chi connectivity index (χ0) is 12.5. The molecule has 0 aliphatic heterocycles. The molecule has 0 aliphatic rings. The number of tetrazole rings is 1. The van der Waals surface area contributed by atoms with Gasteiger partial charge in [0.05, 0.1) is 7.05 Å². The molecule has 0 spiro atoms. The van der Waals surface area contributed by atoms with Gasteiger partial charge in [-0.25, -0.2) is 0 Å². The average molecular weight is 241 g/mol. The zero-order valence-electron chi connectivity index (χ0n) is 11.0. The van der Waals surface area contributed by atoms with Crippen LogP contribution in [-0.4, -0.2) is 46.0 Å². The zero-order valence-corrected chi connectivity index (χ0v) is 11.0. The van der Waals surface area contributed by atoms with Crippen molar-refractivity contribution in [3.8, 4) is 0 Å². The molecule has 0 radical (unpaired) electrons. The van der Waals surface area contributed by atoms with E-state index in [1.54, 1.807) is 7.05 Å². The lowest BCUT2D eigenvalue weighted by Gasteiger charge is -2.15. The first-order chi connectivity index (χ1) is 8.26. The fourth-order valence-electron chi connectivity index (χ4n) is 1.77. The monoisotopic (exact) mass is 241 g/mol. The maximum Gasteiger partial charge on any atom is 0.176 e. The Morgan fingerprint density at radius 2 is 2.24 bits per heavy atom. The van der Waals surface area contributed by atoms with Crippen LogP contribution < -0.4 is 5.32 Å². The standard InChI is InChI=1S/C11H23N5O/c1-4-12-10(7-6-8-17-5-2)9-11-13-15-16(3)14-11/h10,12H,4-9H2,1-3H3. The van der Waals surface area contributed by atoms with Crippen LogP contribution in [0.15, 0.2) is 0 Å². The molecule has 6 nitrogen and oxygen atoms in total. The van der Waals surface area contributed by atoms with Crippen LogP contribution in [0.25, 0.3) is 0 Å². The van der Waals surface area contributed by atoms with Crippen molar-refractivity contribution >= 4 is 0 Å². The van der Waals surface area contributed by atoms with E-state index in [2.05, 4.69) is 27.7 Å². The summed E-state index contributed by atoms with van der Waals surface area (Å²) in [4.78, 5) is 1.50. The first-order valence-corrected chi connectivity index (χ1v) is 6.30. The molecule has 98 valence electrons. The highest BCUT2D eigenvalue weighted by Gasteiger charge is 2.11. The van der Waals surface area contributed by atoms with Gasteiger partial charge in [-0.2, -0.15) is 4.80 Å². The fourth-order valence-corrected chi connectivity index (χ4v) is 1.77. The van der Waals surface area contributed by atoms with Gasteiger partial charge in [0.15, 0.2) is 5.82 Å². The second kappa shape index (κ2) is 8.14. The van der Waals surface area contributed by atoms with E-state index in [1.807, 2.05) is 6.92 Å². The van der Waals surface area contributed by atoms with Crippen molar-refractivity contribution < 1.29 is 4.74 Å². The number of aromatic nitrogens is 4. The minimum Gasteiger partial charge on any atom is -0.382 e. The Labute approximate surface area is 103 Å². The molecule has 0 saturated carbocycles. The number of ether oxygens (including phenoxy) is 1. The molecule has 6 heteroatoms. The molecule has 0 saturated heterocycles. The van der Waals surface area contributed by atoms with Crippen LogP contribution in [0.1, 0.15) is 32.5 Å². The summed E-state index contributed by atoms with van der Waals surface area (Å²) in [6.07, 6.45) is 2.96. The molecule has 0 fully saturated rings. The first kappa shape index (κ1) is 14.1. The molecule has 0 bridgehead atoms. The predicted octanol–water partition coefficient (Wildman–Crippen LogP) is 0.547. The van der Waals surface area contributed by atoms with Gasteiger partial charge in [0.1, 0.15) is 0 Å². The Bertz CT molecular complexity index is 302. The third kappa shape index (κ3) is 5.74. The molecule has 1 N–H and O–H groups in total. The van der Waals surface area contributed by atoms with E-state index in [4.69, 9.17) is 4.74 Å². The molecule has 0 aliphatic carbocycles. The predicted molar refractivity (Wildman–Crippen MR) is 65.7 cm³/mol. The van der Waals surface area contributed by atoms with Gasteiger partial charge >= 0.3 is 0 Å². The van der Waals surface area contributed by atoms with Gasteiger partial charge in [-0.3, -0.25) is 0 Å². The number of rotatable bonds is 9. The number of hydrogen-bond donors (Lipinski definition) is 1. The molecule has 1 rings (SSSR count). The van der Waals surface area contributed by atoms with Crippen LogP contribution >= 0.6 is 0 Å². The van der Waals surface area contributed by atoms with Crippen molar-refractivity contribution in [3.05, 3.63) is 5.82 Å². The summed E-state index contributed by atoms with van der Waals surface area (Å²) in [6, 6.07) is 0.407. The van der Waals surface area contributed by atoms with Crippen molar-refractivity contribution in [1.82, 2.24) is 25.5 Å². The largest absolute Gasteiger partial charge is 0.382 e. The molecular weight excluding hydrogens is 218 g/mol. The Hall–Kier alpha value is -1.01. The van der Waals surface area contributed by atoms with Crippen LogP contribution in [-0.2, 0) is 18.2 Å². The van der Waals surface area contributed by atoms with Crippen LogP contribution in [0.5, 0.6) is 0 Å². The summed E-state index contributed by atoms with van der Waals surface area (Å²) < 4.78 is 5.34. The van der Waals surface area contributed by atoms with E-state index >= 15 is 0 Å². The van der Waals surface area contributed by atoms with Crippen molar-refractivity contribution in [2.24, 2.45) is 7.05 Å². The number of nitrogens with zero attached hydrogens (tertiary/aromatic N) is 4. The van der Waals surface area contributed by atoms with Crippen molar-refractivity contribution in [2.75, 3.05) is 19.8 Å². The van der Waals surface area contributed by atoms with Gasteiger partial charge in [0.25, 0.3) is 0 Å². The lowest BCUT2D eigenvalue weighted by Crippen LogP contribution is -2.31. The molecule has 0 aromatic carbocycles. The molecule has 17 heavy (non-hydrogen) atoms. The summed E-state index contributed by atoms with van der Waals surface area (Å²) in [5.74, 6) is 0.801. The lowest BCUT2D eigenvalue weighted by molar-refractivity contribution is 0.140. The normalized spacial score (nSPS) is 12.9. The van der Waals surface area contributed by atoms with E-state index < -0.39 is 0 Å². The third-order valence-corrected chi connectivity index (χ3v) is 2.52. The van der Waals surface area contributed by atoms with Crippen LogP contribution in [0.2, 0.25) is 0 Å². The first-order valence-electron chi connectivity index (χ1n) is 6.30. The summed E-state index contributed by atoms with van der Waals surface area (Å²) in [5.41, 5.74) is 0. The Morgan fingerprint density at radius 1 is 1.41 bits per heavy atom. The summed E-state index contributed by atoms with van der Waals surface area (Å²) in [7, 11) is 1.79. The molecule has 0 amide bonds.